The molecule has 0 bridgehead atoms. The van der Waals surface area contributed by atoms with Gasteiger partial charge in [0.1, 0.15) is 12.4 Å². The number of hydrogen-bond donors (Lipinski definition) is 2. The second-order valence-electron chi connectivity index (χ2n) is 9.38. The number of aromatic nitrogens is 3. The van der Waals surface area contributed by atoms with E-state index in [0.29, 0.717) is 10.8 Å². The van der Waals surface area contributed by atoms with Crippen molar-refractivity contribution in [3.8, 4) is 5.82 Å². The third-order valence-electron chi connectivity index (χ3n) is 6.72. The lowest BCUT2D eigenvalue weighted by molar-refractivity contribution is -0.119. The maximum Gasteiger partial charge on any atom is 0.250 e. The van der Waals surface area contributed by atoms with E-state index in [1.807, 2.05) is 61.7 Å². The highest BCUT2D eigenvalue weighted by atomic mass is 32.1. The molecular formula is C29H30N6O2S. The van der Waals surface area contributed by atoms with Crippen molar-refractivity contribution < 1.29 is 9.53 Å². The van der Waals surface area contributed by atoms with Crippen molar-refractivity contribution in [2.45, 2.75) is 32.9 Å². The van der Waals surface area contributed by atoms with E-state index in [-0.39, 0.29) is 24.6 Å². The van der Waals surface area contributed by atoms with E-state index in [0.717, 1.165) is 39.7 Å². The Hall–Kier alpha value is -4.08. The molecule has 1 saturated heterocycles. The molecule has 1 fully saturated rings. The number of aryl methyl sites for hydroxylation is 2. The molecule has 0 spiro atoms. The molecule has 5 rings (SSSR count). The zero-order valence-electron chi connectivity index (χ0n) is 21.8. The Morgan fingerprint density at radius 3 is 2.53 bits per heavy atom. The first-order valence-electron chi connectivity index (χ1n) is 12.4. The topological polar surface area (TPSA) is 84.3 Å². The lowest BCUT2D eigenvalue weighted by atomic mass is 9.96. The Labute approximate surface area is 227 Å². The molecule has 0 unspecified atom stereocenters. The fourth-order valence-corrected chi connectivity index (χ4v) is 5.36. The molecule has 1 amide bonds. The van der Waals surface area contributed by atoms with Crippen LogP contribution in [0.4, 0.5) is 11.4 Å². The third-order valence-corrected chi connectivity index (χ3v) is 7.03. The van der Waals surface area contributed by atoms with Crippen LogP contribution in [0.1, 0.15) is 40.3 Å². The van der Waals surface area contributed by atoms with Crippen LogP contribution < -0.4 is 15.5 Å². The Bertz CT molecular complexity index is 1450. The third kappa shape index (κ3) is 4.90. The predicted molar refractivity (Wildman–Crippen MR) is 153 cm³/mol. The summed E-state index contributed by atoms with van der Waals surface area (Å²) in [6, 6.07) is 19.6. The maximum atomic E-state index is 12.0. The molecule has 194 valence electrons. The highest BCUT2D eigenvalue weighted by molar-refractivity contribution is 7.80. The number of carbonyl (C=O) groups is 1. The van der Waals surface area contributed by atoms with Crippen molar-refractivity contribution in [3.05, 3.63) is 101 Å². The highest BCUT2D eigenvalue weighted by Gasteiger charge is 2.42. The van der Waals surface area contributed by atoms with Crippen LogP contribution in [0.5, 0.6) is 0 Å². The SMILES string of the molecule is COCC(=O)Nc1ccc(N2C(=S)N[C@H](c3ccccn3)[C@@H]2c2cc(C)n(-c3ccc(C)cn3)c2C)cc1. The van der Waals surface area contributed by atoms with Crippen LogP contribution in [0.2, 0.25) is 0 Å². The summed E-state index contributed by atoms with van der Waals surface area (Å²) in [5.74, 6) is 0.673. The zero-order valence-corrected chi connectivity index (χ0v) is 22.6. The Balaban J connectivity index is 1.57. The second-order valence-corrected chi connectivity index (χ2v) is 9.77. The monoisotopic (exact) mass is 526 g/mol. The van der Waals surface area contributed by atoms with Crippen LogP contribution in [0.15, 0.2) is 73.1 Å². The van der Waals surface area contributed by atoms with Gasteiger partial charge in [-0.1, -0.05) is 12.1 Å². The second kappa shape index (κ2) is 10.7. The van der Waals surface area contributed by atoms with Gasteiger partial charge in [0.25, 0.3) is 0 Å². The molecular weight excluding hydrogens is 496 g/mol. The van der Waals surface area contributed by atoms with Gasteiger partial charge in [0.2, 0.25) is 5.91 Å². The Morgan fingerprint density at radius 1 is 1.08 bits per heavy atom. The van der Waals surface area contributed by atoms with Crippen molar-refractivity contribution in [1.29, 1.82) is 0 Å². The van der Waals surface area contributed by atoms with Crippen LogP contribution in [-0.2, 0) is 9.53 Å². The fraction of sp³-hybridized carbons (Fsp3) is 0.241. The van der Waals surface area contributed by atoms with Gasteiger partial charge in [-0.15, -0.1) is 0 Å². The summed E-state index contributed by atoms with van der Waals surface area (Å²) in [7, 11) is 1.49. The first kappa shape index (κ1) is 25.6. The van der Waals surface area contributed by atoms with Gasteiger partial charge in [-0.25, -0.2) is 4.98 Å². The largest absolute Gasteiger partial charge is 0.375 e. The van der Waals surface area contributed by atoms with Crippen LogP contribution in [0.25, 0.3) is 5.82 Å². The van der Waals surface area contributed by atoms with E-state index in [1.165, 1.54) is 7.11 Å². The smallest absolute Gasteiger partial charge is 0.250 e. The van der Waals surface area contributed by atoms with Crippen LogP contribution in [-0.4, -0.2) is 39.3 Å². The number of rotatable bonds is 7. The van der Waals surface area contributed by atoms with Crippen molar-refractivity contribution in [1.82, 2.24) is 19.9 Å². The van der Waals surface area contributed by atoms with E-state index < -0.39 is 0 Å². The van der Waals surface area contributed by atoms with Gasteiger partial charge < -0.3 is 24.8 Å². The van der Waals surface area contributed by atoms with Gasteiger partial charge in [0.15, 0.2) is 5.11 Å². The zero-order chi connectivity index (χ0) is 26.8. The summed E-state index contributed by atoms with van der Waals surface area (Å²) in [5.41, 5.74) is 6.93. The molecule has 3 aromatic heterocycles. The first-order valence-corrected chi connectivity index (χ1v) is 12.8. The number of ether oxygens (including phenoxy) is 1. The van der Waals surface area contributed by atoms with Gasteiger partial charge in [0, 0.05) is 42.3 Å². The fourth-order valence-electron chi connectivity index (χ4n) is 5.01. The molecule has 9 heteroatoms. The number of nitrogens with zero attached hydrogens (tertiary/aromatic N) is 4. The maximum absolute atomic E-state index is 12.0. The van der Waals surface area contributed by atoms with Crippen molar-refractivity contribution >= 4 is 34.6 Å². The minimum absolute atomic E-state index is 0.00116. The Morgan fingerprint density at radius 2 is 1.87 bits per heavy atom. The van der Waals surface area contributed by atoms with Gasteiger partial charge in [-0.3, -0.25) is 9.78 Å². The molecule has 2 N–H and O–H groups in total. The number of pyridine rings is 2. The summed E-state index contributed by atoms with van der Waals surface area (Å²) in [6.07, 6.45) is 3.69. The standard InChI is InChI=1S/C29H30N6O2S/c1-18-8-13-25(31-16-18)34-19(2)15-23(20(34)3)28-27(24-7-5-6-14-30-24)33-29(38)35(28)22-11-9-21(10-12-22)32-26(36)17-37-4/h5-16,27-28H,17H2,1-4H3,(H,32,36)(H,33,38)/t27-,28+/m1/s1. The van der Waals surface area contributed by atoms with Crippen molar-refractivity contribution in [3.63, 3.8) is 0 Å². The molecule has 0 saturated carbocycles. The number of thiocarbonyl (C=S) groups is 1. The first-order chi connectivity index (χ1) is 18.4. The average molecular weight is 527 g/mol. The van der Waals surface area contributed by atoms with E-state index in [2.05, 4.69) is 56.0 Å². The van der Waals surface area contributed by atoms with Crippen molar-refractivity contribution in [2.24, 2.45) is 0 Å². The van der Waals surface area contributed by atoms with Gasteiger partial charge >= 0.3 is 0 Å². The lowest BCUT2D eigenvalue weighted by Gasteiger charge is -2.28. The molecule has 1 aliphatic heterocycles. The summed E-state index contributed by atoms with van der Waals surface area (Å²) in [5, 5.41) is 6.97. The number of methoxy groups -OCH3 is 1. The number of anilines is 2. The molecule has 1 aromatic carbocycles. The van der Waals surface area contributed by atoms with E-state index in [1.54, 1.807) is 6.20 Å². The number of carbonyl (C=O) groups excluding carboxylic acids is 1. The van der Waals surface area contributed by atoms with Gasteiger partial charge in [0.05, 0.1) is 17.8 Å². The Kier molecular flexibility index (Phi) is 7.22. The molecule has 8 nitrogen and oxygen atoms in total. The number of nitrogens with one attached hydrogen (secondary N) is 2. The summed E-state index contributed by atoms with van der Waals surface area (Å²) in [4.78, 5) is 23.4. The number of benzene rings is 1. The lowest BCUT2D eigenvalue weighted by Crippen LogP contribution is -2.29. The minimum atomic E-state index is -0.205. The molecule has 0 radical (unpaired) electrons. The molecule has 38 heavy (non-hydrogen) atoms. The average Bonchev–Trinajstić information content (AvgIpc) is 3.41. The predicted octanol–water partition coefficient (Wildman–Crippen LogP) is 4.95. The van der Waals surface area contributed by atoms with Gasteiger partial charge in [-0.2, -0.15) is 0 Å². The van der Waals surface area contributed by atoms with Crippen LogP contribution in [0.3, 0.4) is 0 Å². The van der Waals surface area contributed by atoms with E-state index in [9.17, 15) is 4.79 Å². The molecule has 4 heterocycles. The molecule has 4 aromatic rings. The van der Waals surface area contributed by atoms with Crippen LogP contribution >= 0.6 is 12.2 Å². The molecule has 1 aliphatic rings. The quantitative estimate of drug-likeness (QED) is 0.330. The summed E-state index contributed by atoms with van der Waals surface area (Å²) in [6.45, 7) is 6.25. The van der Waals surface area contributed by atoms with E-state index >= 15 is 0 Å². The summed E-state index contributed by atoms with van der Waals surface area (Å²) < 4.78 is 7.09. The number of hydrogen-bond acceptors (Lipinski definition) is 5. The van der Waals surface area contributed by atoms with E-state index in [4.69, 9.17) is 17.0 Å². The highest BCUT2D eigenvalue weighted by Crippen LogP contribution is 2.43. The minimum Gasteiger partial charge on any atom is -0.375 e. The summed E-state index contributed by atoms with van der Waals surface area (Å²) >= 11 is 5.89. The molecule has 2 atom stereocenters. The van der Waals surface area contributed by atoms with Crippen LogP contribution in [0, 0.1) is 20.8 Å². The molecule has 0 aliphatic carbocycles. The number of amides is 1. The normalized spacial score (nSPS) is 16.9. The van der Waals surface area contributed by atoms with Gasteiger partial charge in [-0.05, 0) is 92.6 Å². The van der Waals surface area contributed by atoms with Crippen molar-refractivity contribution in [2.75, 3.05) is 23.9 Å².